The number of nitrogens with two attached hydrogens (primary N) is 1. The first-order valence-electron chi connectivity index (χ1n) is 4.88. The Morgan fingerprint density at radius 2 is 1.94 bits per heavy atom. The number of hydrogen-bond donors (Lipinski definition) is 1. The predicted molar refractivity (Wildman–Crippen MR) is 58.5 cm³/mol. The van der Waals surface area contributed by atoms with Crippen LogP contribution in [0.5, 0.6) is 5.88 Å². The topological polar surface area (TPSA) is 61.0 Å². The molecule has 1 heterocycles. The van der Waals surface area contributed by atoms with E-state index in [1.54, 1.807) is 0 Å². The molecule has 0 bridgehead atoms. The second-order valence-corrected chi connectivity index (χ2v) is 3.35. The highest BCUT2D eigenvalue weighted by Crippen LogP contribution is 2.22. The number of ether oxygens (including phenoxy) is 1. The van der Waals surface area contributed by atoms with E-state index < -0.39 is 12.4 Å². The Kier molecular flexibility index (Phi) is 3.31. The molecule has 2 aromatic rings. The van der Waals surface area contributed by atoms with Crippen LogP contribution in [-0.4, -0.2) is 16.6 Å². The Labute approximate surface area is 100 Å². The van der Waals surface area contributed by atoms with E-state index >= 15 is 0 Å². The third-order valence-electron chi connectivity index (χ3n) is 2.13. The van der Waals surface area contributed by atoms with Gasteiger partial charge in [0.25, 0.3) is 0 Å². The number of nitrogens with zero attached hydrogens (tertiary/aromatic N) is 2. The average Bonchev–Trinajstić information content (AvgIpc) is 2.33. The van der Waals surface area contributed by atoms with Crippen LogP contribution in [-0.2, 0) is 0 Å². The molecular formula is C11H8F3N3O. The lowest BCUT2D eigenvalue weighted by atomic mass is 10.1. The van der Waals surface area contributed by atoms with E-state index in [4.69, 9.17) is 5.73 Å². The fourth-order valence-electron chi connectivity index (χ4n) is 1.32. The molecule has 0 saturated carbocycles. The second kappa shape index (κ2) is 4.91. The van der Waals surface area contributed by atoms with Crippen LogP contribution in [0.15, 0.2) is 30.6 Å². The molecule has 2 rings (SSSR count). The van der Waals surface area contributed by atoms with Crippen molar-refractivity contribution >= 4 is 5.69 Å². The van der Waals surface area contributed by atoms with Crippen molar-refractivity contribution in [3.8, 4) is 17.1 Å². The summed E-state index contributed by atoms with van der Waals surface area (Å²) < 4.78 is 40.8. The number of aromatic nitrogens is 2. The number of hydrogen-bond acceptors (Lipinski definition) is 4. The second-order valence-electron chi connectivity index (χ2n) is 3.35. The molecule has 94 valence electrons. The highest BCUT2D eigenvalue weighted by atomic mass is 19.3. The summed E-state index contributed by atoms with van der Waals surface area (Å²) in [4.78, 5) is 7.52. The molecule has 18 heavy (non-hydrogen) atoms. The van der Waals surface area contributed by atoms with Crippen LogP contribution >= 0.6 is 0 Å². The van der Waals surface area contributed by atoms with Gasteiger partial charge in [-0.15, -0.1) is 0 Å². The third kappa shape index (κ3) is 2.68. The number of halogens is 3. The Balaban J connectivity index is 2.25. The number of benzene rings is 1. The van der Waals surface area contributed by atoms with Crippen molar-refractivity contribution in [1.82, 2.24) is 9.97 Å². The molecular weight excluding hydrogens is 247 g/mol. The van der Waals surface area contributed by atoms with Gasteiger partial charge in [0, 0.05) is 5.56 Å². The van der Waals surface area contributed by atoms with Crippen molar-refractivity contribution in [2.75, 3.05) is 5.73 Å². The zero-order valence-corrected chi connectivity index (χ0v) is 8.98. The van der Waals surface area contributed by atoms with Crippen LogP contribution in [0.3, 0.4) is 0 Å². The lowest BCUT2D eigenvalue weighted by molar-refractivity contribution is -0.0530. The predicted octanol–water partition coefficient (Wildman–Crippen LogP) is 2.47. The molecule has 0 aliphatic heterocycles. The van der Waals surface area contributed by atoms with Gasteiger partial charge in [0.05, 0.1) is 23.8 Å². The summed E-state index contributed by atoms with van der Waals surface area (Å²) >= 11 is 0. The molecule has 2 N–H and O–H groups in total. The number of rotatable bonds is 3. The van der Waals surface area contributed by atoms with Crippen LogP contribution in [0.1, 0.15) is 0 Å². The zero-order valence-electron chi connectivity index (χ0n) is 8.98. The van der Waals surface area contributed by atoms with Crippen molar-refractivity contribution < 1.29 is 17.9 Å². The molecule has 0 amide bonds. The first-order chi connectivity index (χ1) is 8.56. The van der Waals surface area contributed by atoms with Gasteiger partial charge < -0.3 is 10.5 Å². The van der Waals surface area contributed by atoms with E-state index in [-0.39, 0.29) is 11.6 Å². The minimum Gasteiger partial charge on any atom is -0.415 e. The van der Waals surface area contributed by atoms with Crippen molar-refractivity contribution in [1.29, 1.82) is 0 Å². The number of anilines is 1. The van der Waals surface area contributed by atoms with Crippen LogP contribution in [0.4, 0.5) is 18.9 Å². The summed E-state index contributed by atoms with van der Waals surface area (Å²) in [5.41, 5.74) is 6.29. The SMILES string of the molecule is Nc1cc(-c2cnc(OC(F)F)cn2)ccc1F. The lowest BCUT2D eigenvalue weighted by Crippen LogP contribution is -2.04. The molecule has 0 aliphatic rings. The Bertz CT molecular complexity index is 546. The van der Waals surface area contributed by atoms with E-state index in [1.165, 1.54) is 24.4 Å². The smallest absolute Gasteiger partial charge is 0.388 e. The molecule has 0 fully saturated rings. The zero-order chi connectivity index (χ0) is 13.1. The molecule has 0 unspecified atom stereocenters. The lowest BCUT2D eigenvalue weighted by Gasteiger charge is -2.05. The van der Waals surface area contributed by atoms with Crippen molar-refractivity contribution in [3.05, 3.63) is 36.4 Å². The maximum atomic E-state index is 13.0. The molecule has 0 atom stereocenters. The van der Waals surface area contributed by atoms with Crippen molar-refractivity contribution in [3.63, 3.8) is 0 Å². The summed E-state index contributed by atoms with van der Waals surface area (Å²) in [6.07, 6.45) is 2.30. The van der Waals surface area contributed by atoms with Crippen LogP contribution in [0.25, 0.3) is 11.3 Å². The van der Waals surface area contributed by atoms with Crippen molar-refractivity contribution in [2.24, 2.45) is 0 Å². The summed E-state index contributed by atoms with van der Waals surface area (Å²) in [6, 6.07) is 4.03. The van der Waals surface area contributed by atoms with Gasteiger partial charge in [0.1, 0.15) is 5.82 Å². The Hall–Kier alpha value is -2.31. The first kappa shape index (κ1) is 12.2. The van der Waals surface area contributed by atoms with Gasteiger partial charge in [0.15, 0.2) is 0 Å². The summed E-state index contributed by atoms with van der Waals surface area (Å²) in [5.74, 6) is -0.826. The summed E-state index contributed by atoms with van der Waals surface area (Å²) in [7, 11) is 0. The van der Waals surface area contributed by atoms with Gasteiger partial charge in [-0.25, -0.2) is 14.4 Å². The van der Waals surface area contributed by atoms with Gasteiger partial charge in [-0.05, 0) is 18.2 Å². The number of nitrogen functional groups attached to an aromatic ring is 1. The fraction of sp³-hybridized carbons (Fsp3) is 0.0909. The summed E-state index contributed by atoms with van der Waals surface area (Å²) in [5, 5.41) is 0. The molecule has 7 heteroatoms. The molecule has 1 aromatic heterocycles. The standard InChI is InChI=1S/C11H8F3N3O/c12-7-2-1-6(3-8(7)15)9-4-17-10(5-16-9)18-11(13)14/h1-5,11H,15H2. The quantitative estimate of drug-likeness (QED) is 0.856. The van der Waals surface area contributed by atoms with Crippen LogP contribution in [0.2, 0.25) is 0 Å². The van der Waals surface area contributed by atoms with E-state index in [1.807, 2.05) is 0 Å². The summed E-state index contributed by atoms with van der Waals surface area (Å²) in [6.45, 7) is -2.95. The molecule has 0 spiro atoms. The molecule has 1 aromatic carbocycles. The van der Waals surface area contributed by atoms with E-state index in [0.29, 0.717) is 11.3 Å². The van der Waals surface area contributed by atoms with E-state index in [0.717, 1.165) is 6.20 Å². The minimum absolute atomic E-state index is 0.0257. The van der Waals surface area contributed by atoms with Crippen LogP contribution < -0.4 is 10.5 Å². The van der Waals surface area contributed by atoms with Gasteiger partial charge in [0.2, 0.25) is 5.88 Å². The number of alkyl halides is 2. The first-order valence-corrected chi connectivity index (χ1v) is 4.88. The highest BCUT2D eigenvalue weighted by molar-refractivity contribution is 5.63. The largest absolute Gasteiger partial charge is 0.415 e. The Morgan fingerprint density at radius 3 is 2.50 bits per heavy atom. The normalized spacial score (nSPS) is 10.7. The minimum atomic E-state index is -2.95. The van der Waals surface area contributed by atoms with Gasteiger partial charge in [-0.1, -0.05) is 0 Å². The molecule has 4 nitrogen and oxygen atoms in total. The monoisotopic (exact) mass is 255 g/mol. The molecule has 0 aliphatic carbocycles. The van der Waals surface area contributed by atoms with Crippen molar-refractivity contribution in [2.45, 2.75) is 6.61 Å². The van der Waals surface area contributed by atoms with Crippen LogP contribution in [0, 0.1) is 5.82 Å². The van der Waals surface area contributed by atoms with E-state index in [9.17, 15) is 13.2 Å². The average molecular weight is 255 g/mol. The fourth-order valence-corrected chi connectivity index (χ4v) is 1.32. The molecule has 0 radical (unpaired) electrons. The Morgan fingerprint density at radius 1 is 1.17 bits per heavy atom. The van der Waals surface area contributed by atoms with E-state index in [2.05, 4.69) is 14.7 Å². The molecule has 0 saturated heterocycles. The highest BCUT2D eigenvalue weighted by Gasteiger charge is 2.07. The third-order valence-corrected chi connectivity index (χ3v) is 2.13. The maximum absolute atomic E-state index is 13.0. The van der Waals surface area contributed by atoms with Gasteiger partial charge in [-0.2, -0.15) is 8.78 Å². The van der Waals surface area contributed by atoms with Gasteiger partial charge in [-0.3, -0.25) is 0 Å². The maximum Gasteiger partial charge on any atom is 0.388 e. The van der Waals surface area contributed by atoms with Gasteiger partial charge >= 0.3 is 6.61 Å².